The second-order valence-corrected chi connectivity index (χ2v) is 4.78. The SMILES string of the molecule is CC(C)COCCNc1ccc(C(N)=S)cc1. The summed E-state index contributed by atoms with van der Waals surface area (Å²) in [5.41, 5.74) is 7.47. The molecule has 0 amide bonds. The molecule has 0 saturated heterocycles. The lowest BCUT2D eigenvalue weighted by atomic mass is 10.2. The molecular weight excluding hydrogens is 232 g/mol. The van der Waals surface area contributed by atoms with Crippen LogP contribution < -0.4 is 11.1 Å². The highest BCUT2D eigenvalue weighted by atomic mass is 32.1. The molecule has 0 aliphatic rings. The number of nitrogens with one attached hydrogen (secondary N) is 1. The normalized spacial score (nSPS) is 10.5. The van der Waals surface area contributed by atoms with E-state index in [2.05, 4.69) is 19.2 Å². The Bertz CT molecular complexity index is 349. The molecule has 0 saturated carbocycles. The fraction of sp³-hybridized carbons (Fsp3) is 0.462. The van der Waals surface area contributed by atoms with Crippen LogP contribution in [0, 0.1) is 5.92 Å². The topological polar surface area (TPSA) is 47.3 Å². The van der Waals surface area contributed by atoms with Gasteiger partial charge in [0.15, 0.2) is 0 Å². The predicted octanol–water partition coefficient (Wildman–Crippen LogP) is 2.41. The number of nitrogens with two attached hydrogens (primary N) is 1. The minimum Gasteiger partial charge on any atom is -0.389 e. The van der Waals surface area contributed by atoms with Crippen LogP contribution in [0.25, 0.3) is 0 Å². The van der Waals surface area contributed by atoms with Crippen LogP contribution in [0.15, 0.2) is 24.3 Å². The van der Waals surface area contributed by atoms with Gasteiger partial charge in [-0.2, -0.15) is 0 Å². The van der Waals surface area contributed by atoms with E-state index >= 15 is 0 Å². The molecule has 1 rings (SSSR count). The molecule has 3 nitrogen and oxygen atoms in total. The Balaban J connectivity index is 2.25. The quantitative estimate of drug-likeness (QED) is 0.578. The van der Waals surface area contributed by atoms with Gasteiger partial charge in [-0.15, -0.1) is 0 Å². The molecule has 94 valence electrons. The predicted molar refractivity (Wildman–Crippen MR) is 76.5 cm³/mol. The Hall–Kier alpha value is -1.13. The lowest BCUT2D eigenvalue weighted by Crippen LogP contribution is -2.12. The first kappa shape index (κ1) is 13.9. The fourth-order valence-electron chi connectivity index (χ4n) is 1.34. The second kappa shape index (κ2) is 7.25. The molecule has 0 atom stereocenters. The van der Waals surface area contributed by atoms with Crippen molar-refractivity contribution < 1.29 is 4.74 Å². The number of hydrogen-bond donors (Lipinski definition) is 2. The molecule has 0 bridgehead atoms. The summed E-state index contributed by atoms with van der Waals surface area (Å²) >= 11 is 4.89. The van der Waals surface area contributed by atoms with Gasteiger partial charge in [-0.05, 0) is 30.2 Å². The third kappa shape index (κ3) is 5.65. The molecule has 0 unspecified atom stereocenters. The molecule has 17 heavy (non-hydrogen) atoms. The number of rotatable bonds is 7. The Kier molecular flexibility index (Phi) is 5.94. The first-order valence-electron chi connectivity index (χ1n) is 5.81. The second-order valence-electron chi connectivity index (χ2n) is 4.34. The van der Waals surface area contributed by atoms with Gasteiger partial charge in [-0.3, -0.25) is 0 Å². The zero-order valence-corrected chi connectivity index (χ0v) is 11.2. The van der Waals surface area contributed by atoms with Crippen LogP contribution in [-0.4, -0.2) is 24.7 Å². The standard InChI is InChI=1S/C13H20N2OS/c1-10(2)9-16-8-7-15-12-5-3-11(4-6-12)13(14)17/h3-6,10,15H,7-9H2,1-2H3,(H2,14,17). The number of thiocarbonyl (C=S) groups is 1. The lowest BCUT2D eigenvalue weighted by molar-refractivity contribution is 0.118. The van der Waals surface area contributed by atoms with Crippen LogP contribution in [0.5, 0.6) is 0 Å². The molecule has 1 aromatic rings. The Morgan fingerprint density at radius 2 is 2.00 bits per heavy atom. The molecule has 1 aromatic carbocycles. The van der Waals surface area contributed by atoms with Gasteiger partial charge < -0.3 is 15.8 Å². The van der Waals surface area contributed by atoms with Crippen molar-refractivity contribution in [2.45, 2.75) is 13.8 Å². The smallest absolute Gasteiger partial charge is 0.103 e. The van der Waals surface area contributed by atoms with E-state index < -0.39 is 0 Å². The third-order valence-corrected chi connectivity index (χ3v) is 2.43. The van der Waals surface area contributed by atoms with Gasteiger partial charge in [-0.25, -0.2) is 0 Å². The van der Waals surface area contributed by atoms with E-state index in [-0.39, 0.29) is 0 Å². The van der Waals surface area contributed by atoms with Gasteiger partial charge in [-0.1, -0.05) is 26.1 Å². The number of hydrogen-bond acceptors (Lipinski definition) is 3. The molecule has 0 fully saturated rings. The summed E-state index contributed by atoms with van der Waals surface area (Å²) in [5.74, 6) is 0.583. The van der Waals surface area contributed by atoms with Gasteiger partial charge in [0.25, 0.3) is 0 Å². The summed E-state index contributed by atoms with van der Waals surface area (Å²) < 4.78 is 5.48. The monoisotopic (exact) mass is 252 g/mol. The zero-order valence-electron chi connectivity index (χ0n) is 10.4. The van der Waals surface area contributed by atoms with Crippen LogP contribution in [0.3, 0.4) is 0 Å². The van der Waals surface area contributed by atoms with E-state index in [1.807, 2.05) is 24.3 Å². The highest BCUT2D eigenvalue weighted by molar-refractivity contribution is 7.80. The largest absolute Gasteiger partial charge is 0.389 e. The van der Waals surface area contributed by atoms with E-state index in [0.717, 1.165) is 31.0 Å². The third-order valence-electron chi connectivity index (χ3n) is 2.20. The van der Waals surface area contributed by atoms with Crippen molar-refractivity contribution in [2.24, 2.45) is 11.7 Å². The molecule has 0 spiro atoms. The van der Waals surface area contributed by atoms with Gasteiger partial charge >= 0.3 is 0 Å². The summed E-state index contributed by atoms with van der Waals surface area (Å²) in [4.78, 5) is 0.428. The lowest BCUT2D eigenvalue weighted by Gasteiger charge is -2.09. The van der Waals surface area contributed by atoms with Gasteiger partial charge in [0.05, 0.1) is 6.61 Å². The molecule has 0 aromatic heterocycles. The Morgan fingerprint density at radius 1 is 1.35 bits per heavy atom. The minimum absolute atomic E-state index is 0.428. The Morgan fingerprint density at radius 3 is 2.53 bits per heavy atom. The zero-order chi connectivity index (χ0) is 12.7. The number of benzene rings is 1. The Labute approximate surface area is 108 Å². The van der Waals surface area contributed by atoms with Gasteiger partial charge in [0.2, 0.25) is 0 Å². The van der Waals surface area contributed by atoms with Crippen LogP contribution in [0.4, 0.5) is 5.69 Å². The maximum atomic E-state index is 5.52. The summed E-state index contributed by atoms with van der Waals surface area (Å²) in [6.07, 6.45) is 0. The first-order valence-corrected chi connectivity index (χ1v) is 6.22. The van der Waals surface area contributed by atoms with Crippen molar-refractivity contribution in [3.63, 3.8) is 0 Å². The number of ether oxygens (including phenoxy) is 1. The molecular formula is C13H20N2OS. The minimum atomic E-state index is 0.428. The van der Waals surface area contributed by atoms with Crippen molar-refractivity contribution in [1.82, 2.24) is 0 Å². The molecule has 0 heterocycles. The fourth-order valence-corrected chi connectivity index (χ4v) is 1.48. The summed E-state index contributed by atoms with van der Waals surface area (Å²) in [6.45, 7) is 6.61. The van der Waals surface area contributed by atoms with E-state index in [9.17, 15) is 0 Å². The summed E-state index contributed by atoms with van der Waals surface area (Å²) in [7, 11) is 0. The average Bonchev–Trinajstić information content (AvgIpc) is 2.29. The molecule has 4 heteroatoms. The summed E-state index contributed by atoms with van der Waals surface area (Å²) in [5, 5.41) is 3.28. The van der Waals surface area contributed by atoms with Crippen LogP contribution in [0.2, 0.25) is 0 Å². The van der Waals surface area contributed by atoms with Crippen molar-refractivity contribution in [2.75, 3.05) is 25.1 Å². The van der Waals surface area contributed by atoms with Gasteiger partial charge in [0, 0.05) is 24.4 Å². The van der Waals surface area contributed by atoms with E-state index in [0.29, 0.717) is 10.9 Å². The molecule has 0 aliphatic carbocycles. The maximum absolute atomic E-state index is 5.52. The van der Waals surface area contributed by atoms with Crippen LogP contribution in [-0.2, 0) is 4.74 Å². The molecule has 3 N–H and O–H groups in total. The van der Waals surface area contributed by atoms with Crippen LogP contribution in [0.1, 0.15) is 19.4 Å². The highest BCUT2D eigenvalue weighted by Crippen LogP contribution is 2.08. The van der Waals surface area contributed by atoms with E-state index in [4.69, 9.17) is 22.7 Å². The first-order chi connectivity index (χ1) is 8.09. The van der Waals surface area contributed by atoms with Crippen molar-refractivity contribution >= 4 is 22.9 Å². The maximum Gasteiger partial charge on any atom is 0.103 e. The summed E-state index contributed by atoms with van der Waals surface area (Å²) in [6, 6.07) is 7.77. The van der Waals surface area contributed by atoms with Crippen molar-refractivity contribution in [1.29, 1.82) is 0 Å². The average molecular weight is 252 g/mol. The highest BCUT2D eigenvalue weighted by Gasteiger charge is 1.97. The molecule has 0 aliphatic heterocycles. The van der Waals surface area contributed by atoms with E-state index in [1.165, 1.54) is 0 Å². The van der Waals surface area contributed by atoms with Crippen molar-refractivity contribution in [3.8, 4) is 0 Å². The van der Waals surface area contributed by atoms with Crippen LogP contribution >= 0.6 is 12.2 Å². The molecule has 0 radical (unpaired) electrons. The van der Waals surface area contributed by atoms with Gasteiger partial charge in [0.1, 0.15) is 4.99 Å². The van der Waals surface area contributed by atoms with E-state index in [1.54, 1.807) is 0 Å². The number of anilines is 1. The van der Waals surface area contributed by atoms with Crippen molar-refractivity contribution in [3.05, 3.63) is 29.8 Å².